The summed E-state index contributed by atoms with van der Waals surface area (Å²) < 4.78 is 0. The van der Waals surface area contributed by atoms with Gasteiger partial charge in [-0.3, -0.25) is 9.80 Å². The van der Waals surface area contributed by atoms with Gasteiger partial charge in [0.05, 0.1) is 0 Å². The minimum Gasteiger partial charge on any atom is -0.298 e. The molecule has 0 aromatic carbocycles. The lowest BCUT2D eigenvalue weighted by molar-refractivity contribution is -0.0293. The maximum absolute atomic E-state index is 2.77. The van der Waals surface area contributed by atoms with Crippen LogP contribution < -0.4 is 0 Å². The Morgan fingerprint density at radius 1 is 1.05 bits per heavy atom. The van der Waals surface area contributed by atoms with Gasteiger partial charge < -0.3 is 0 Å². The predicted molar refractivity (Wildman–Crippen MR) is 88.0 cm³/mol. The molecule has 1 unspecified atom stereocenters. The second-order valence-electron chi connectivity index (χ2n) is 8.50. The molecule has 0 aromatic heterocycles. The van der Waals surface area contributed by atoms with Gasteiger partial charge in [-0.2, -0.15) is 0 Å². The van der Waals surface area contributed by atoms with Crippen LogP contribution >= 0.6 is 0 Å². The molecular weight excluding hydrogens is 244 g/mol. The fourth-order valence-electron chi connectivity index (χ4n) is 4.27. The molecule has 1 atom stereocenters. The monoisotopic (exact) mass is 280 g/mol. The summed E-state index contributed by atoms with van der Waals surface area (Å²) in [5.74, 6) is 1.72. The lowest BCUT2D eigenvalue weighted by atomic mass is 9.75. The second-order valence-corrected chi connectivity index (χ2v) is 8.50. The molecule has 0 spiro atoms. The van der Waals surface area contributed by atoms with Gasteiger partial charge in [-0.05, 0) is 49.6 Å². The van der Waals surface area contributed by atoms with Gasteiger partial charge in [0.1, 0.15) is 0 Å². The highest BCUT2D eigenvalue weighted by atomic mass is 15.3. The Balaban J connectivity index is 1.75. The van der Waals surface area contributed by atoms with Crippen LogP contribution in [0.2, 0.25) is 0 Å². The first-order chi connectivity index (χ1) is 9.32. The lowest BCUT2D eigenvalue weighted by Gasteiger charge is -2.52. The summed E-state index contributed by atoms with van der Waals surface area (Å²) in [6.07, 6.45) is 4.11. The van der Waals surface area contributed by atoms with Crippen molar-refractivity contribution in [2.24, 2.45) is 17.3 Å². The van der Waals surface area contributed by atoms with Crippen molar-refractivity contribution in [1.29, 1.82) is 0 Å². The smallest absolute Gasteiger partial charge is 0.0350 e. The van der Waals surface area contributed by atoms with Gasteiger partial charge in [-0.15, -0.1) is 0 Å². The molecule has 2 saturated heterocycles. The average molecular weight is 280 g/mol. The van der Waals surface area contributed by atoms with Crippen LogP contribution in [0.15, 0.2) is 0 Å². The molecular formula is C18H36N2. The molecule has 0 amide bonds. The number of hydrogen-bond donors (Lipinski definition) is 0. The molecule has 0 N–H and O–H groups in total. The van der Waals surface area contributed by atoms with E-state index >= 15 is 0 Å². The largest absolute Gasteiger partial charge is 0.298 e. The molecule has 118 valence electrons. The van der Waals surface area contributed by atoms with Crippen LogP contribution in [-0.4, -0.2) is 48.1 Å². The quantitative estimate of drug-likeness (QED) is 0.771. The van der Waals surface area contributed by atoms with Crippen LogP contribution in [0, 0.1) is 17.3 Å². The summed E-state index contributed by atoms with van der Waals surface area (Å²) in [4.78, 5) is 5.48. The van der Waals surface area contributed by atoms with Gasteiger partial charge in [0, 0.05) is 25.2 Å². The molecule has 0 aliphatic carbocycles. The summed E-state index contributed by atoms with van der Waals surface area (Å²) in [5, 5.41) is 0. The van der Waals surface area contributed by atoms with Crippen molar-refractivity contribution in [2.45, 2.75) is 72.9 Å². The van der Waals surface area contributed by atoms with Crippen molar-refractivity contribution < 1.29 is 0 Å². The van der Waals surface area contributed by atoms with Crippen LogP contribution in [0.4, 0.5) is 0 Å². The highest BCUT2D eigenvalue weighted by Gasteiger charge is 2.38. The van der Waals surface area contributed by atoms with Crippen molar-refractivity contribution in [3.05, 3.63) is 0 Å². The van der Waals surface area contributed by atoms with Crippen LogP contribution in [0.5, 0.6) is 0 Å². The van der Waals surface area contributed by atoms with Gasteiger partial charge in [-0.25, -0.2) is 0 Å². The average Bonchev–Trinajstić information content (AvgIpc) is 2.31. The minimum atomic E-state index is 0.503. The van der Waals surface area contributed by atoms with E-state index in [1.54, 1.807) is 0 Å². The minimum absolute atomic E-state index is 0.503. The summed E-state index contributed by atoms with van der Waals surface area (Å²) in [6.45, 7) is 19.6. The zero-order valence-corrected chi connectivity index (χ0v) is 14.7. The molecule has 2 aliphatic rings. The maximum atomic E-state index is 2.77. The second kappa shape index (κ2) is 6.36. The Bertz CT molecular complexity index is 291. The first-order valence-electron chi connectivity index (χ1n) is 8.81. The molecule has 2 heterocycles. The zero-order valence-electron chi connectivity index (χ0n) is 14.7. The number of nitrogens with zero attached hydrogens (tertiary/aromatic N) is 2. The van der Waals surface area contributed by atoms with Crippen molar-refractivity contribution >= 4 is 0 Å². The van der Waals surface area contributed by atoms with Crippen molar-refractivity contribution in [3.63, 3.8) is 0 Å². The van der Waals surface area contributed by atoms with E-state index in [4.69, 9.17) is 0 Å². The molecule has 2 fully saturated rings. The highest BCUT2D eigenvalue weighted by molar-refractivity contribution is 4.94. The van der Waals surface area contributed by atoms with E-state index in [-0.39, 0.29) is 0 Å². The third-order valence-electron chi connectivity index (χ3n) is 5.82. The molecule has 0 bridgehead atoms. The molecule has 0 saturated carbocycles. The number of rotatable bonds is 4. The Labute approximate surface area is 126 Å². The Morgan fingerprint density at radius 3 is 2.00 bits per heavy atom. The fraction of sp³-hybridized carbons (Fsp3) is 1.00. The van der Waals surface area contributed by atoms with E-state index in [1.165, 1.54) is 45.4 Å². The summed E-state index contributed by atoms with van der Waals surface area (Å²) in [7, 11) is 0. The van der Waals surface area contributed by atoms with Gasteiger partial charge in [0.15, 0.2) is 0 Å². The van der Waals surface area contributed by atoms with Gasteiger partial charge in [0.25, 0.3) is 0 Å². The highest BCUT2D eigenvalue weighted by Crippen LogP contribution is 2.35. The standard InChI is InChI=1S/C18H36N2/c1-7-17(14(2)3)20-12-16(13-20)19-10-8-15(9-11-19)18(4,5)6/h14-17H,7-13H2,1-6H3. The van der Waals surface area contributed by atoms with Crippen LogP contribution in [0.1, 0.15) is 60.8 Å². The molecule has 20 heavy (non-hydrogen) atoms. The first-order valence-corrected chi connectivity index (χ1v) is 8.81. The van der Waals surface area contributed by atoms with Gasteiger partial charge >= 0.3 is 0 Å². The third-order valence-corrected chi connectivity index (χ3v) is 5.82. The first kappa shape index (κ1) is 16.3. The van der Waals surface area contributed by atoms with E-state index < -0.39 is 0 Å². The summed E-state index contributed by atoms with van der Waals surface area (Å²) in [6, 6.07) is 1.65. The van der Waals surface area contributed by atoms with E-state index in [2.05, 4.69) is 51.3 Å². The molecule has 0 aromatic rings. The topological polar surface area (TPSA) is 6.48 Å². The number of likely N-dealkylation sites (tertiary alicyclic amines) is 2. The van der Waals surface area contributed by atoms with Crippen LogP contribution in [0.3, 0.4) is 0 Å². The third kappa shape index (κ3) is 3.57. The fourth-order valence-corrected chi connectivity index (χ4v) is 4.27. The Kier molecular flexibility index (Phi) is 5.18. The van der Waals surface area contributed by atoms with E-state index in [0.717, 1.165) is 23.9 Å². The zero-order chi connectivity index (χ0) is 14.9. The van der Waals surface area contributed by atoms with E-state index in [1.807, 2.05) is 0 Å². The maximum Gasteiger partial charge on any atom is 0.0350 e. The molecule has 2 rings (SSSR count). The molecule has 2 heteroatoms. The van der Waals surface area contributed by atoms with Crippen molar-refractivity contribution in [2.75, 3.05) is 26.2 Å². The number of piperidine rings is 1. The normalized spacial score (nSPS) is 25.9. The van der Waals surface area contributed by atoms with Crippen molar-refractivity contribution in [1.82, 2.24) is 9.80 Å². The Hall–Kier alpha value is -0.0800. The molecule has 0 radical (unpaired) electrons. The summed E-state index contributed by atoms with van der Waals surface area (Å²) >= 11 is 0. The van der Waals surface area contributed by atoms with Crippen molar-refractivity contribution in [3.8, 4) is 0 Å². The van der Waals surface area contributed by atoms with E-state index in [0.29, 0.717) is 5.41 Å². The van der Waals surface area contributed by atoms with Crippen LogP contribution in [0.25, 0.3) is 0 Å². The summed E-state index contributed by atoms with van der Waals surface area (Å²) in [5.41, 5.74) is 0.503. The molecule has 2 aliphatic heterocycles. The lowest BCUT2D eigenvalue weighted by Crippen LogP contribution is -2.64. The van der Waals surface area contributed by atoms with Gasteiger partial charge in [0.2, 0.25) is 0 Å². The SMILES string of the molecule is CCC(C(C)C)N1CC(N2CCC(C(C)(C)C)CC2)C1. The Morgan fingerprint density at radius 2 is 1.60 bits per heavy atom. The van der Waals surface area contributed by atoms with Gasteiger partial charge in [-0.1, -0.05) is 41.5 Å². The van der Waals surface area contributed by atoms with E-state index in [9.17, 15) is 0 Å². The van der Waals surface area contributed by atoms with Crippen LogP contribution in [-0.2, 0) is 0 Å². The number of hydrogen-bond acceptors (Lipinski definition) is 2. The molecule has 2 nitrogen and oxygen atoms in total. The predicted octanol–water partition coefficient (Wildman–Crippen LogP) is 3.86.